The number of amides is 2. The Balaban J connectivity index is 1.45. The number of fused-ring (bicyclic) bond motifs is 2. The van der Waals surface area contributed by atoms with Gasteiger partial charge in [-0.25, -0.2) is 14.8 Å². The van der Waals surface area contributed by atoms with Crippen molar-refractivity contribution in [1.29, 1.82) is 0 Å². The number of aryl methyl sites for hydroxylation is 2. The lowest BCUT2D eigenvalue weighted by atomic mass is 9.94. The lowest BCUT2D eigenvalue weighted by Crippen LogP contribution is -2.37. The molecule has 3 aromatic rings. The Morgan fingerprint density at radius 2 is 1.89 bits per heavy atom. The minimum Gasteiger partial charge on any atom is -0.465 e. The Bertz CT molecular complexity index is 1330. The maximum atomic E-state index is 14.0. The molecule has 0 spiro atoms. The molecule has 9 heteroatoms. The van der Waals surface area contributed by atoms with Crippen LogP contribution >= 0.6 is 22.7 Å². The van der Waals surface area contributed by atoms with Crippen LogP contribution in [0.1, 0.15) is 50.1 Å². The normalized spacial score (nSPS) is 23.5. The Kier molecular flexibility index (Phi) is 5.51. The summed E-state index contributed by atoms with van der Waals surface area (Å²) in [7, 11) is 1.33. The van der Waals surface area contributed by atoms with Crippen molar-refractivity contribution >= 4 is 51.1 Å². The molecule has 3 atom stereocenters. The van der Waals surface area contributed by atoms with Crippen molar-refractivity contribution < 1.29 is 24.0 Å². The molecule has 6 rings (SSSR count). The first-order valence-electron chi connectivity index (χ1n) is 11.7. The summed E-state index contributed by atoms with van der Waals surface area (Å²) in [5.41, 5.74) is 3.09. The highest BCUT2D eigenvalue weighted by Gasteiger charge is 2.61. The zero-order valence-electron chi connectivity index (χ0n) is 19.4. The second-order valence-corrected chi connectivity index (χ2v) is 11.1. The number of carbonyl (C=O) groups is 3. The average Bonchev–Trinajstić information content (AvgIpc) is 3.63. The molecule has 7 nitrogen and oxygen atoms in total. The number of ether oxygens (including phenoxy) is 1. The molecule has 4 heterocycles. The maximum absolute atomic E-state index is 14.0. The van der Waals surface area contributed by atoms with Gasteiger partial charge in [-0.15, -0.1) is 22.7 Å². The van der Waals surface area contributed by atoms with Crippen LogP contribution in [0.5, 0.6) is 0 Å². The number of carbonyl (C=O) groups excluding carboxylic acids is 3. The van der Waals surface area contributed by atoms with E-state index in [1.54, 1.807) is 5.06 Å². The summed E-state index contributed by atoms with van der Waals surface area (Å²) in [5.74, 6) is -1.99. The molecule has 2 saturated heterocycles. The van der Waals surface area contributed by atoms with Gasteiger partial charge in [-0.3, -0.25) is 14.4 Å². The summed E-state index contributed by atoms with van der Waals surface area (Å²) < 4.78 is 5.07. The lowest BCUT2D eigenvalue weighted by molar-refractivity contribution is -0.126. The molecule has 180 valence electrons. The van der Waals surface area contributed by atoms with E-state index in [0.717, 1.165) is 52.3 Å². The number of imide groups is 1. The number of hydroxylamine groups is 1. The molecule has 1 aromatic carbocycles. The quantitative estimate of drug-likeness (QED) is 0.371. The number of esters is 1. The number of methoxy groups -OCH3 is 1. The van der Waals surface area contributed by atoms with Crippen molar-refractivity contribution in [2.45, 2.75) is 44.8 Å². The highest BCUT2D eigenvalue weighted by Crippen LogP contribution is 2.51. The van der Waals surface area contributed by atoms with Crippen molar-refractivity contribution in [3.63, 3.8) is 0 Å². The van der Waals surface area contributed by atoms with E-state index in [9.17, 15) is 14.4 Å². The molecule has 0 saturated carbocycles. The minimum atomic E-state index is -0.959. The summed E-state index contributed by atoms with van der Waals surface area (Å²) in [6.45, 7) is 1.98. The predicted molar refractivity (Wildman–Crippen MR) is 134 cm³/mol. The monoisotopic (exact) mass is 508 g/mol. The van der Waals surface area contributed by atoms with Gasteiger partial charge in [0.25, 0.3) is 5.91 Å². The predicted octanol–water partition coefficient (Wildman–Crippen LogP) is 4.83. The number of hydrogen-bond donors (Lipinski definition) is 0. The van der Waals surface area contributed by atoms with E-state index in [-0.39, 0.29) is 5.91 Å². The maximum Gasteiger partial charge on any atom is 0.341 e. The minimum absolute atomic E-state index is 0.335. The van der Waals surface area contributed by atoms with E-state index >= 15 is 0 Å². The van der Waals surface area contributed by atoms with Crippen molar-refractivity contribution in [2.75, 3.05) is 17.1 Å². The zero-order chi connectivity index (χ0) is 24.3. The van der Waals surface area contributed by atoms with Gasteiger partial charge >= 0.3 is 5.97 Å². The number of para-hydroxylation sites is 1. The Labute approximate surface area is 210 Å². The van der Waals surface area contributed by atoms with E-state index in [4.69, 9.17) is 9.57 Å². The van der Waals surface area contributed by atoms with E-state index in [0.29, 0.717) is 10.6 Å². The van der Waals surface area contributed by atoms with Crippen LogP contribution in [-0.2, 0) is 32.0 Å². The largest absolute Gasteiger partial charge is 0.465 e. The molecule has 0 bridgehead atoms. The van der Waals surface area contributed by atoms with Gasteiger partial charge in [-0.05, 0) is 61.2 Å². The first-order valence-corrected chi connectivity index (χ1v) is 13.4. The second kappa shape index (κ2) is 8.58. The highest BCUT2D eigenvalue weighted by molar-refractivity contribution is 7.17. The standard InChI is InChI=1S/C26H24N2O5S2/c1-14-8-3-5-10-16(14)28-21(18-12-7-13-34-18)20-22(33-28)24(30)27(23(20)29)25-19(26(31)32-2)15-9-4-6-11-17(15)35-25/h3,5,7-8,10,12-13,20-22H,4,6,9,11H2,1-2H3/t20-,21+,22+/m0/s1. The number of anilines is 2. The lowest BCUT2D eigenvalue weighted by Gasteiger charge is -2.28. The highest BCUT2D eigenvalue weighted by atomic mass is 32.1. The van der Waals surface area contributed by atoms with Gasteiger partial charge in [0.2, 0.25) is 5.91 Å². The van der Waals surface area contributed by atoms with E-state index in [1.165, 1.54) is 34.7 Å². The Morgan fingerprint density at radius 3 is 2.63 bits per heavy atom. The molecule has 0 unspecified atom stereocenters. The third kappa shape index (κ3) is 3.36. The Hall–Kier alpha value is -3.01. The molecule has 3 aliphatic rings. The molecule has 2 amide bonds. The van der Waals surface area contributed by atoms with Crippen LogP contribution in [-0.4, -0.2) is 31.0 Å². The summed E-state index contributed by atoms with van der Waals surface area (Å²) in [4.78, 5) is 50.0. The molecule has 2 aromatic heterocycles. The molecular formula is C26H24N2O5S2. The summed E-state index contributed by atoms with van der Waals surface area (Å²) in [6, 6.07) is 11.2. The molecule has 0 N–H and O–H groups in total. The van der Waals surface area contributed by atoms with E-state index < -0.39 is 29.9 Å². The molecule has 1 aliphatic carbocycles. The number of nitrogens with zero attached hydrogens (tertiary/aromatic N) is 2. The van der Waals surface area contributed by atoms with Gasteiger partial charge in [0.05, 0.1) is 18.4 Å². The molecule has 35 heavy (non-hydrogen) atoms. The van der Waals surface area contributed by atoms with Crippen LogP contribution in [0, 0.1) is 12.8 Å². The topological polar surface area (TPSA) is 76.2 Å². The van der Waals surface area contributed by atoms with Crippen LogP contribution in [0.4, 0.5) is 10.7 Å². The number of hydrogen-bond acceptors (Lipinski definition) is 8. The van der Waals surface area contributed by atoms with Gasteiger partial charge in [0.1, 0.15) is 17.0 Å². The molecule has 2 fully saturated rings. The van der Waals surface area contributed by atoms with Gasteiger partial charge in [-0.1, -0.05) is 24.3 Å². The van der Waals surface area contributed by atoms with Crippen molar-refractivity contribution in [2.24, 2.45) is 5.92 Å². The first-order chi connectivity index (χ1) is 17.0. The number of rotatable bonds is 4. The van der Waals surface area contributed by atoms with Crippen LogP contribution in [0.3, 0.4) is 0 Å². The smallest absolute Gasteiger partial charge is 0.341 e. The van der Waals surface area contributed by atoms with Crippen molar-refractivity contribution in [3.8, 4) is 0 Å². The van der Waals surface area contributed by atoms with Crippen LogP contribution in [0.2, 0.25) is 0 Å². The fourth-order valence-electron chi connectivity index (χ4n) is 5.40. The summed E-state index contributed by atoms with van der Waals surface area (Å²) in [6.07, 6.45) is 2.61. The molecular weight excluding hydrogens is 484 g/mol. The second-order valence-electron chi connectivity index (χ2n) is 9.02. The molecule has 0 radical (unpaired) electrons. The third-order valence-corrected chi connectivity index (χ3v) is 9.27. The van der Waals surface area contributed by atoms with Crippen molar-refractivity contribution in [1.82, 2.24) is 0 Å². The fraction of sp³-hybridized carbons (Fsp3) is 0.346. The summed E-state index contributed by atoms with van der Waals surface area (Å²) >= 11 is 2.90. The van der Waals surface area contributed by atoms with Gasteiger partial charge in [0, 0.05) is 9.75 Å². The first kappa shape index (κ1) is 22.5. The Morgan fingerprint density at radius 1 is 1.09 bits per heavy atom. The van der Waals surface area contributed by atoms with Crippen molar-refractivity contribution in [3.05, 3.63) is 68.2 Å². The van der Waals surface area contributed by atoms with Crippen LogP contribution in [0.25, 0.3) is 0 Å². The van der Waals surface area contributed by atoms with E-state index in [2.05, 4.69) is 0 Å². The SMILES string of the molecule is COC(=O)c1c(N2C(=O)[C@H]3[C@@H](c4cccs4)N(c4ccccc4C)O[C@H]3C2=O)sc2c1CCCC2. The van der Waals surface area contributed by atoms with E-state index in [1.807, 2.05) is 48.7 Å². The molecule has 2 aliphatic heterocycles. The third-order valence-electron chi connectivity index (χ3n) is 7.05. The zero-order valence-corrected chi connectivity index (χ0v) is 21.0. The average molecular weight is 509 g/mol. The van der Waals surface area contributed by atoms with Gasteiger partial charge in [0.15, 0.2) is 6.10 Å². The van der Waals surface area contributed by atoms with Crippen LogP contribution in [0.15, 0.2) is 41.8 Å². The summed E-state index contributed by atoms with van der Waals surface area (Å²) in [5, 5.41) is 4.06. The fourth-order valence-corrected chi connectivity index (χ4v) is 7.64. The van der Waals surface area contributed by atoms with Crippen LogP contribution < -0.4 is 9.96 Å². The van der Waals surface area contributed by atoms with Gasteiger partial charge < -0.3 is 4.74 Å². The number of thiophene rings is 2. The number of benzene rings is 1. The van der Waals surface area contributed by atoms with Gasteiger partial charge in [-0.2, -0.15) is 0 Å².